The van der Waals surface area contributed by atoms with E-state index in [2.05, 4.69) is 14.8 Å². The van der Waals surface area contributed by atoms with Gasteiger partial charge in [-0.1, -0.05) is 25.7 Å². The van der Waals surface area contributed by atoms with E-state index in [-0.39, 0.29) is 28.6 Å². The van der Waals surface area contributed by atoms with Crippen LogP contribution in [0.1, 0.15) is 48.9 Å². The van der Waals surface area contributed by atoms with E-state index in [0.717, 1.165) is 12.8 Å². The highest BCUT2D eigenvalue weighted by Gasteiger charge is 2.21. The normalized spacial score (nSPS) is 15.5. The largest absolute Gasteiger partial charge is 0.495 e. The molecule has 0 atom stereocenters. The second-order valence-electron chi connectivity index (χ2n) is 6.40. The number of halogens is 1. The monoisotopic (exact) mass is 420 g/mol. The number of esters is 1. The summed E-state index contributed by atoms with van der Waals surface area (Å²) in [5.41, 5.74) is 0.235. The topological polar surface area (TPSA) is 93.7 Å². The predicted octanol–water partition coefficient (Wildman–Crippen LogP) is 2.49. The summed E-state index contributed by atoms with van der Waals surface area (Å²) in [7, 11) is -1.10. The zero-order chi connectivity index (χ0) is 19.0. The standard InChI is InChI=1S/C18H28N2O5S.ClH/c1-24-16-13-14(18(21)25-2)9-10-17(16)26(22,23)20-12-11-19-15-7-5-3-4-6-8-15;/h9-10,13,15,19-20H,3-8,11-12H2,1-2H3;1H. The van der Waals surface area contributed by atoms with Crippen LogP contribution >= 0.6 is 12.4 Å². The molecule has 1 aromatic rings. The van der Waals surface area contributed by atoms with Crippen molar-refractivity contribution in [1.82, 2.24) is 10.0 Å². The number of carbonyl (C=O) groups excluding carboxylic acids is 1. The van der Waals surface area contributed by atoms with Gasteiger partial charge in [0.15, 0.2) is 0 Å². The van der Waals surface area contributed by atoms with Gasteiger partial charge in [-0.3, -0.25) is 0 Å². The Balaban J connectivity index is 0.00000364. The van der Waals surface area contributed by atoms with Crippen molar-refractivity contribution in [3.8, 4) is 5.75 Å². The summed E-state index contributed by atoms with van der Waals surface area (Å²) in [6.45, 7) is 0.868. The van der Waals surface area contributed by atoms with Gasteiger partial charge < -0.3 is 14.8 Å². The molecule has 0 aliphatic heterocycles. The lowest BCUT2D eigenvalue weighted by molar-refractivity contribution is 0.0600. The molecule has 1 fully saturated rings. The van der Waals surface area contributed by atoms with Gasteiger partial charge in [0.05, 0.1) is 19.8 Å². The highest BCUT2D eigenvalue weighted by molar-refractivity contribution is 7.89. The lowest BCUT2D eigenvalue weighted by Crippen LogP contribution is -2.37. The van der Waals surface area contributed by atoms with E-state index in [0.29, 0.717) is 19.1 Å². The molecule has 154 valence electrons. The molecule has 27 heavy (non-hydrogen) atoms. The molecule has 7 nitrogen and oxygen atoms in total. The van der Waals surface area contributed by atoms with Crippen LogP contribution in [0.4, 0.5) is 0 Å². The maximum Gasteiger partial charge on any atom is 0.337 e. The third kappa shape index (κ3) is 6.95. The summed E-state index contributed by atoms with van der Waals surface area (Å²) >= 11 is 0. The number of sulfonamides is 1. The Hall–Kier alpha value is -1.35. The smallest absolute Gasteiger partial charge is 0.337 e. The maximum atomic E-state index is 12.5. The highest BCUT2D eigenvalue weighted by atomic mass is 35.5. The summed E-state index contributed by atoms with van der Waals surface area (Å²) in [5, 5.41) is 3.43. The number of rotatable bonds is 8. The first-order chi connectivity index (χ1) is 12.5. The van der Waals surface area contributed by atoms with Crippen molar-refractivity contribution < 1.29 is 22.7 Å². The molecule has 2 rings (SSSR count). The SMILES string of the molecule is COC(=O)c1ccc(S(=O)(=O)NCCNC2CCCCCC2)c(OC)c1.Cl. The minimum Gasteiger partial charge on any atom is -0.495 e. The molecule has 0 unspecified atom stereocenters. The van der Waals surface area contributed by atoms with Crippen molar-refractivity contribution in [3.05, 3.63) is 23.8 Å². The first kappa shape index (κ1) is 23.7. The molecule has 0 spiro atoms. The molecule has 1 aliphatic rings. The first-order valence-electron chi connectivity index (χ1n) is 8.97. The van der Waals surface area contributed by atoms with Crippen LogP contribution in [0.25, 0.3) is 0 Å². The molecular formula is C18H29ClN2O5S. The van der Waals surface area contributed by atoms with Gasteiger partial charge in [-0.2, -0.15) is 0 Å². The summed E-state index contributed by atoms with van der Waals surface area (Å²) in [6, 6.07) is 4.60. The molecule has 1 saturated carbocycles. The van der Waals surface area contributed by atoms with E-state index in [9.17, 15) is 13.2 Å². The van der Waals surface area contributed by atoms with E-state index < -0.39 is 16.0 Å². The fourth-order valence-electron chi connectivity index (χ4n) is 3.16. The molecule has 1 aromatic carbocycles. The van der Waals surface area contributed by atoms with Crippen LogP contribution in [0.15, 0.2) is 23.1 Å². The van der Waals surface area contributed by atoms with Gasteiger partial charge in [-0.25, -0.2) is 17.9 Å². The molecular weight excluding hydrogens is 392 g/mol. The van der Waals surface area contributed by atoms with Gasteiger partial charge >= 0.3 is 5.97 Å². The van der Waals surface area contributed by atoms with Crippen LogP contribution in [0, 0.1) is 0 Å². The van der Waals surface area contributed by atoms with Gasteiger partial charge in [-0.15, -0.1) is 12.4 Å². The van der Waals surface area contributed by atoms with E-state index >= 15 is 0 Å². The molecule has 0 amide bonds. The van der Waals surface area contributed by atoms with Crippen molar-refractivity contribution in [2.45, 2.75) is 49.5 Å². The zero-order valence-corrected chi connectivity index (χ0v) is 17.5. The molecule has 0 radical (unpaired) electrons. The molecule has 0 saturated heterocycles. The highest BCUT2D eigenvalue weighted by Crippen LogP contribution is 2.25. The van der Waals surface area contributed by atoms with E-state index in [1.165, 1.54) is 58.1 Å². The Morgan fingerprint density at radius 3 is 2.37 bits per heavy atom. The van der Waals surface area contributed by atoms with Crippen LogP contribution in [0.2, 0.25) is 0 Å². The minimum atomic E-state index is -3.73. The Kier molecular flexibility index (Phi) is 10.1. The number of benzene rings is 1. The number of ether oxygens (including phenoxy) is 2. The quantitative estimate of drug-likeness (QED) is 0.381. The Morgan fingerprint density at radius 1 is 1.11 bits per heavy atom. The maximum absolute atomic E-state index is 12.5. The van der Waals surface area contributed by atoms with Crippen LogP contribution in [0.5, 0.6) is 5.75 Å². The lowest BCUT2D eigenvalue weighted by atomic mass is 10.1. The van der Waals surface area contributed by atoms with Crippen LogP contribution in [0.3, 0.4) is 0 Å². The number of carbonyl (C=O) groups is 1. The summed E-state index contributed by atoms with van der Waals surface area (Å²) in [4.78, 5) is 11.6. The molecule has 0 aromatic heterocycles. The summed E-state index contributed by atoms with van der Waals surface area (Å²) in [5.74, 6) is -0.440. The minimum absolute atomic E-state index is 0. The van der Waals surface area contributed by atoms with Crippen LogP contribution in [-0.2, 0) is 14.8 Å². The number of hydrogen-bond acceptors (Lipinski definition) is 6. The summed E-state index contributed by atoms with van der Waals surface area (Å²) < 4.78 is 37.4. The van der Waals surface area contributed by atoms with Gasteiger partial charge in [0.25, 0.3) is 0 Å². The van der Waals surface area contributed by atoms with Crippen molar-refractivity contribution in [2.75, 3.05) is 27.3 Å². The van der Waals surface area contributed by atoms with Gasteiger partial charge in [-0.05, 0) is 31.0 Å². The third-order valence-corrected chi connectivity index (χ3v) is 6.08. The molecule has 9 heteroatoms. The lowest BCUT2D eigenvalue weighted by Gasteiger charge is -2.17. The Bertz CT molecular complexity index is 704. The van der Waals surface area contributed by atoms with Crippen molar-refractivity contribution in [3.63, 3.8) is 0 Å². The third-order valence-electron chi connectivity index (χ3n) is 4.58. The molecule has 0 bridgehead atoms. The zero-order valence-electron chi connectivity index (χ0n) is 15.8. The van der Waals surface area contributed by atoms with E-state index in [4.69, 9.17) is 4.74 Å². The van der Waals surface area contributed by atoms with Crippen molar-refractivity contribution in [2.24, 2.45) is 0 Å². The average Bonchev–Trinajstić information content (AvgIpc) is 2.92. The molecule has 0 heterocycles. The number of nitrogens with one attached hydrogen (secondary N) is 2. The number of methoxy groups -OCH3 is 2. The first-order valence-corrected chi connectivity index (χ1v) is 10.5. The van der Waals surface area contributed by atoms with Crippen LogP contribution < -0.4 is 14.8 Å². The predicted molar refractivity (Wildman–Crippen MR) is 106 cm³/mol. The van der Waals surface area contributed by atoms with Crippen molar-refractivity contribution >= 4 is 28.4 Å². The summed E-state index contributed by atoms with van der Waals surface area (Å²) in [6.07, 6.45) is 7.32. The van der Waals surface area contributed by atoms with E-state index in [1.54, 1.807) is 0 Å². The van der Waals surface area contributed by atoms with Gasteiger partial charge in [0.1, 0.15) is 10.6 Å². The number of hydrogen-bond donors (Lipinski definition) is 2. The Morgan fingerprint density at radius 2 is 1.78 bits per heavy atom. The van der Waals surface area contributed by atoms with Gasteiger partial charge in [0, 0.05) is 19.1 Å². The van der Waals surface area contributed by atoms with Crippen LogP contribution in [-0.4, -0.2) is 47.7 Å². The molecule has 1 aliphatic carbocycles. The fourth-order valence-corrected chi connectivity index (χ4v) is 4.34. The Labute approximate surface area is 167 Å². The average molecular weight is 421 g/mol. The van der Waals surface area contributed by atoms with Crippen molar-refractivity contribution in [1.29, 1.82) is 0 Å². The second kappa shape index (κ2) is 11.5. The fraction of sp³-hybridized carbons (Fsp3) is 0.611. The second-order valence-corrected chi connectivity index (χ2v) is 8.13. The van der Waals surface area contributed by atoms with Gasteiger partial charge in [0.2, 0.25) is 10.0 Å². The van der Waals surface area contributed by atoms with E-state index in [1.807, 2.05) is 0 Å². The molecule has 2 N–H and O–H groups in total.